The van der Waals surface area contributed by atoms with Crippen molar-refractivity contribution in [2.24, 2.45) is 0 Å². The minimum atomic E-state index is -1.00. The molecule has 0 radical (unpaired) electrons. The van der Waals surface area contributed by atoms with E-state index in [0.717, 1.165) is 0 Å². The highest BCUT2D eigenvalue weighted by Crippen LogP contribution is 2.50. The number of aliphatic carboxylic acids is 1. The lowest BCUT2D eigenvalue weighted by Crippen LogP contribution is -2.00. The van der Waals surface area contributed by atoms with Crippen molar-refractivity contribution in [1.29, 1.82) is 0 Å². The second-order valence-corrected chi connectivity index (χ2v) is 5.70. The van der Waals surface area contributed by atoms with Crippen molar-refractivity contribution in [1.82, 2.24) is 0 Å². The molecule has 0 atom stereocenters. The van der Waals surface area contributed by atoms with Crippen LogP contribution in [-0.4, -0.2) is 18.2 Å². The van der Waals surface area contributed by atoms with Gasteiger partial charge in [0.05, 0.1) is 25.4 Å². The summed E-state index contributed by atoms with van der Waals surface area (Å²) in [6.45, 7) is 0. The Morgan fingerprint density at radius 2 is 2.04 bits per heavy atom. The summed E-state index contributed by atoms with van der Waals surface area (Å²) in [4.78, 5) is 11.2. The van der Waals surface area contributed by atoms with Gasteiger partial charge >= 0.3 is 5.97 Å². The molecule has 1 heterocycles. The maximum Gasteiger partial charge on any atom is 0.308 e. The average Bonchev–Trinajstić information content (AvgIpc) is 2.80. The lowest BCUT2D eigenvalue weighted by atomic mass is 10.0. The van der Waals surface area contributed by atoms with E-state index in [1.54, 1.807) is 24.3 Å². The van der Waals surface area contributed by atoms with E-state index in [4.69, 9.17) is 14.3 Å². The standard InChI is InChI=1S/C17H12BrFO4/c1-22-12-6-7-23-17-10(8-13(20)21)16(18)14(15(12)17)9-4-2-3-5-11(9)19/h2-7H,8H2,1H3,(H,20,21). The third kappa shape index (κ3) is 2.59. The van der Waals surface area contributed by atoms with Gasteiger partial charge in [0, 0.05) is 27.2 Å². The first kappa shape index (κ1) is 15.6. The van der Waals surface area contributed by atoms with E-state index in [9.17, 15) is 9.18 Å². The van der Waals surface area contributed by atoms with Gasteiger partial charge in [-0.1, -0.05) is 18.2 Å². The normalized spacial score (nSPS) is 10.9. The van der Waals surface area contributed by atoms with Crippen molar-refractivity contribution >= 4 is 21.9 Å². The fourth-order valence-corrected chi connectivity index (χ4v) is 3.37. The minimum Gasteiger partial charge on any atom is -0.496 e. The van der Waals surface area contributed by atoms with Crippen LogP contribution in [0, 0.1) is 5.82 Å². The maximum absolute atomic E-state index is 14.3. The van der Waals surface area contributed by atoms with Gasteiger partial charge < -0.3 is 14.3 Å². The van der Waals surface area contributed by atoms with Crippen LogP contribution in [0.25, 0.3) is 22.5 Å². The Labute approximate surface area is 140 Å². The Morgan fingerprint density at radius 1 is 1.30 bits per heavy atom. The van der Waals surface area contributed by atoms with Crippen LogP contribution in [0.1, 0.15) is 5.56 Å². The number of halogens is 2. The summed E-state index contributed by atoms with van der Waals surface area (Å²) in [5.74, 6) is -0.553. The Hall–Kier alpha value is -2.34. The van der Waals surface area contributed by atoms with Crippen LogP contribution < -0.4 is 4.74 Å². The van der Waals surface area contributed by atoms with Gasteiger partial charge in [0.25, 0.3) is 0 Å². The largest absolute Gasteiger partial charge is 0.496 e. The molecule has 3 rings (SSSR count). The molecule has 0 fully saturated rings. The van der Waals surface area contributed by atoms with Crippen molar-refractivity contribution in [3.05, 3.63) is 52.4 Å². The highest BCUT2D eigenvalue weighted by molar-refractivity contribution is 9.10. The molecule has 0 saturated carbocycles. The number of hydrogen-bond donors (Lipinski definition) is 1. The third-order valence-corrected chi connectivity index (χ3v) is 4.45. The molecule has 2 aliphatic rings. The molecule has 0 bridgehead atoms. The van der Waals surface area contributed by atoms with Gasteiger partial charge in [0.1, 0.15) is 17.3 Å². The van der Waals surface area contributed by atoms with E-state index in [1.165, 1.54) is 19.4 Å². The van der Waals surface area contributed by atoms with Crippen molar-refractivity contribution in [2.75, 3.05) is 7.11 Å². The van der Waals surface area contributed by atoms with Gasteiger partial charge in [0.15, 0.2) is 0 Å². The van der Waals surface area contributed by atoms with Crippen molar-refractivity contribution in [3.8, 4) is 28.2 Å². The van der Waals surface area contributed by atoms with Crippen LogP contribution in [0.2, 0.25) is 0 Å². The summed E-state index contributed by atoms with van der Waals surface area (Å²) in [6.07, 6.45) is 1.17. The molecule has 0 aromatic heterocycles. The lowest BCUT2D eigenvalue weighted by Gasteiger charge is -2.10. The van der Waals surface area contributed by atoms with Crippen LogP contribution >= 0.6 is 15.9 Å². The molecule has 1 aliphatic carbocycles. The molecule has 0 unspecified atom stereocenters. The first-order valence-corrected chi connectivity index (χ1v) is 7.56. The van der Waals surface area contributed by atoms with Crippen LogP contribution in [0.3, 0.4) is 0 Å². The minimum absolute atomic E-state index is 0.248. The number of hydrogen-bond acceptors (Lipinski definition) is 3. The number of ether oxygens (including phenoxy) is 1. The van der Waals surface area contributed by atoms with Gasteiger partial charge in [0.2, 0.25) is 0 Å². The summed E-state index contributed by atoms with van der Waals surface area (Å²) < 4.78 is 25.6. The smallest absolute Gasteiger partial charge is 0.308 e. The zero-order valence-corrected chi connectivity index (χ0v) is 13.7. The first-order valence-electron chi connectivity index (χ1n) is 6.76. The summed E-state index contributed by atoms with van der Waals surface area (Å²) in [7, 11) is 1.50. The van der Waals surface area contributed by atoms with Gasteiger partial charge in [-0.2, -0.15) is 0 Å². The number of rotatable bonds is 4. The topological polar surface area (TPSA) is 59.7 Å². The molecular formula is C17H12BrFO4. The number of carbonyl (C=O) groups is 1. The molecule has 4 nitrogen and oxygen atoms in total. The molecule has 1 aliphatic heterocycles. The summed E-state index contributed by atoms with van der Waals surface area (Å²) in [5.41, 5.74) is 1.86. The Balaban J connectivity index is 2.38. The SMILES string of the molecule is COc1ccoc2c(CC(=O)O)c(Br)c(-c3ccccc3F)c1-2. The number of benzene rings is 1. The Bertz CT molecular complexity index is 856. The summed E-state index contributed by atoms with van der Waals surface area (Å²) in [6, 6.07) is 7.91. The van der Waals surface area contributed by atoms with Crippen LogP contribution in [-0.2, 0) is 11.2 Å². The zero-order valence-electron chi connectivity index (χ0n) is 12.1. The first-order chi connectivity index (χ1) is 11.0. The van der Waals surface area contributed by atoms with Crippen LogP contribution in [0.4, 0.5) is 4.39 Å². The maximum atomic E-state index is 14.3. The molecular weight excluding hydrogens is 367 g/mol. The van der Waals surface area contributed by atoms with E-state index >= 15 is 0 Å². The summed E-state index contributed by atoms with van der Waals surface area (Å²) >= 11 is 3.41. The number of carboxylic acids is 1. The molecule has 1 aromatic carbocycles. The predicted octanol–water partition coefficient (Wildman–Crippen LogP) is 4.59. The molecule has 1 aromatic rings. The Morgan fingerprint density at radius 3 is 2.70 bits per heavy atom. The van der Waals surface area contributed by atoms with E-state index in [0.29, 0.717) is 38.2 Å². The number of methoxy groups -OCH3 is 1. The van der Waals surface area contributed by atoms with Crippen molar-refractivity contribution < 1.29 is 23.4 Å². The monoisotopic (exact) mass is 378 g/mol. The molecule has 0 spiro atoms. The van der Waals surface area contributed by atoms with Crippen molar-refractivity contribution in [3.63, 3.8) is 0 Å². The molecule has 1 N–H and O–H groups in total. The van der Waals surface area contributed by atoms with Gasteiger partial charge in [-0.3, -0.25) is 4.79 Å². The number of fused-ring (bicyclic) bond motifs is 1. The lowest BCUT2D eigenvalue weighted by molar-refractivity contribution is -0.136. The third-order valence-electron chi connectivity index (χ3n) is 3.58. The quantitative estimate of drug-likeness (QED) is 0.721. The fraction of sp³-hybridized carbons (Fsp3) is 0.118. The average molecular weight is 379 g/mol. The molecule has 23 heavy (non-hydrogen) atoms. The summed E-state index contributed by atoms with van der Waals surface area (Å²) in [5, 5.41) is 9.14. The molecule has 0 saturated heterocycles. The molecule has 6 heteroatoms. The van der Waals surface area contributed by atoms with Crippen molar-refractivity contribution in [2.45, 2.75) is 6.42 Å². The highest BCUT2D eigenvalue weighted by Gasteiger charge is 2.30. The Kier molecular flexibility index (Phi) is 4.09. The van der Waals surface area contributed by atoms with E-state index in [1.807, 2.05) is 0 Å². The highest BCUT2D eigenvalue weighted by atomic mass is 79.9. The van der Waals surface area contributed by atoms with Gasteiger partial charge in [-0.25, -0.2) is 4.39 Å². The predicted molar refractivity (Wildman–Crippen MR) is 86.3 cm³/mol. The van der Waals surface area contributed by atoms with Gasteiger partial charge in [-0.05, 0) is 22.0 Å². The fourth-order valence-electron chi connectivity index (χ4n) is 2.63. The van der Waals surface area contributed by atoms with Crippen LogP contribution in [0.5, 0.6) is 5.75 Å². The molecule has 0 amide bonds. The van der Waals surface area contributed by atoms with Crippen LogP contribution in [0.15, 0.2) is 45.5 Å². The van der Waals surface area contributed by atoms with E-state index in [2.05, 4.69) is 15.9 Å². The van der Waals surface area contributed by atoms with E-state index in [-0.39, 0.29) is 6.42 Å². The number of carboxylic acid groups (broad SMARTS) is 1. The van der Waals surface area contributed by atoms with Gasteiger partial charge in [-0.15, -0.1) is 0 Å². The zero-order chi connectivity index (χ0) is 16.6. The van der Waals surface area contributed by atoms with E-state index < -0.39 is 11.8 Å². The second-order valence-electron chi connectivity index (χ2n) is 4.91. The molecule has 118 valence electrons. The second kappa shape index (κ2) is 6.04.